The van der Waals surface area contributed by atoms with Crippen LogP contribution in [0.25, 0.3) is 17.1 Å². The molecule has 4 rings (SSSR count). The van der Waals surface area contributed by atoms with Gasteiger partial charge in [-0.05, 0) is 48.5 Å². The third-order valence-electron chi connectivity index (χ3n) is 3.60. The Labute approximate surface area is 139 Å². The van der Waals surface area contributed by atoms with Crippen molar-refractivity contribution in [3.8, 4) is 22.8 Å². The van der Waals surface area contributed by atoms with E-state index in [0.29, 0.717) is 11.7 Å². The second-order valence-electron chi connectivity index (χ2n) is 5.25. The molecule has 0 bridgehead atoms. The molecule has 0 aliphatic carbocycles. The molecular formula is C19H15N3O2. The maximum Gasteiger partial charge on any atom is 0.264 e. The second-order valence-corrected chi connectivity index (χ2v) is 5.25. The van der Waals surface area contributed by atoms with Crippen LogP contribution >= 0.6 is 0 Å². The first-order valence-electron chi connectivity index (χ1n) is 7.63. The predicted molar refractivity (Wildman–Crippen MR) is 89.8 cm³/mol. The van der Waals surface area contributed by atoms with Crippen LogP contribution in [0.4, 0.5) is 0 Å². The average Bonchev–Trinajstić information content (AvgIpc) is 3.33. The number of benzene rings is 2. The van der Waals surface area contributed by atoms with Crippen molar-refractivity contribution in [1.82, 2.24) is 14.7 Å². The Hall–Kier alpha value is -3.34. The zero-order valence-corrected chi connectivity index (χ0v) is 12.9. The lowest BCUT2D eigenvalue weighted by Crippen LogP contribution is -1.95. The summed E-state index contributed by atoms with van der Waals surface area (Å²) in [7, 11) is 0. The van der Waals surface area contributed by atoms with Crippen LogP contribution < -0.4 is 4.74 Å². The Balaban J connectivity index is 1.46. The van der Waals surface area contributed by atoms with E-state index >= 15 is 0 Å². The third kappa shape index (κ3) is 3.05. The molecule has 0 atom stereocenters. The van der Waals surface area contributed by atoms with Crippen LogP contribution in [0.1, 0.15) is 5.89 Å². The lowest BCUT2D eigenvalue weighted by Gasteiger charge is -2.03. The van der Waals surface area contributed by atoms with Gasteiger partial charge in [-0.2, -0.15) is 4.98 Å². The standard InChI is InChI=1S/C19H15N3O2/c1-2-6-17(7-3-1)23-14-18-20-19(21-24-18)15-8-10-16(11-9-15)22-12-4-5-13-22/h1-13H,14H2. The quantitative estimate of drug-likeness (QED) is 0.556. The zero-order valence-electron chi connectivity index (χ0n) is 12.9. The van der Waals surface area contributed by atoms with Crippen LogP contribution in [-0.4, -0.2) is 14.7 Å². The van der Waals surface area contributed by atoms with Gasteiger partial charge in [0.2, 0.25) is 5.82 Å². The molecule has 118 valence electrons. The van der Waals surface area contributed by atoms with E-state index in [-0.39, 0.29) is 6.61 Å². The summed E-state index contributed by atoms with van der Waals surface area (Å²) in [6.45, 7) is 0.248. The van der Waals surface area contributed by atoms with Crippen LogP contribution in [0, 0.1) is 0 Å². The topological polar surface area (TPSA) is 53.1 Å². The van der Waals surface area contributed by atoms with Crippen LogP contribution in [0.15, 0.2) is 83.6 Å². The fourth-order valence-corrected chi connectivity index (χ4v) is 2.38. The van der Waals surface area contributed by atoms with E-state index in [2.05, 4.69) is 10.1 Å². The summed E-state index contributed by atoms with van der Waals surface area (Å²) in [4.78, 5) is 4.38. The number of nitrogens with zero attached hydrogens (tertiary/aromatic N) is 3. The summed E-state index contributed by atoms with van der Waals surface area (Å²) in [5, 5.41) is 4.02. The van der Waals surface area contributed by atoms with Crippen molar-refractivity contribution >= 4 is 0 Å². The molecule has 0 aliphatic heterocycles. The van der Waals surface area contributed by atoms with E-state index in [1.54, 1.807) is 0 Å². The monoisotopic (exact) mass is 317 g/mol. The minimum Gasteiger partial charge on any atom is -0.484 e. The first kappa shape index (κ1) is 14.3. The van der Waals surface area contributed by atoms with Crippen LogP contribution in [0.3, 0.4) is 0 Å². The molecule has 0 unspecified atom stereocenters. The van der Waals surface area contributed by atoms with Crippen molar-refractivity contribution < 1.29 is 9.26 Å². The Kier molecular flexibility index (Phi) is 3.81. The molecule has 0 spiro atoms. The van der Waals surface area contributed by atoms with E-state index in [4.69, 9.17) is 9.26 Å². The highest BCUT2D eigenvalue weighted by atomic mass is 16.5. The van der Waals surface area contributed by atoms with E-state index in [1.807, 2.05) is 83.7 Å². The molecule has 0 aliphatic rings. The smallest absolute Gasteiger partial charge is 0.264 e. The van der Waals surface area contributed by atoms with E-state index < -0.39 is 0 Å². The normalized spacial score (nSPS) is 10.7. The molecule has 0 amide bonds. The summed E-state index contributed by atoms with van der Waals surface area (Å²) in [6, 6.07) is 21.5. The minimum absolute atomic E-state index is 0.248. The number of rotatable bonds is 5. The van der Waals surface area contributed by atoms with Gasteiger partial charge in [0.1, 0.15) is 5.75 Å². The van der Waals surface area contributed by atoms with Gasteiger partial charge >= 0.3 is 0 Å². The fourth-order valence-electron chi connectivity index (χ4n) is 2.38. The van der Waals surface area contributed by atoms with Crippen LogP contribution in [0.2, 0.25) is 0 Å². The van der Waals surface area contributed by atoms with Crippen LogP contribution in [-0.2, 0) is 6.61 Å². The van der Waals surface area contributed by atoms with Crippen molar-refractivity contribution in [1.29, 1.82) is 0 Å². The lowest BCUT2D eigenvalue weighted by atomic mass is 10.2. The highest BCUT2D eigenvalue weighted by Gasteiger charge is 2.09. The predicted octanol–water partition coefficient (Wildman–Crippen LogP) is 4.11. The van der Waals surface area contributed by atoms with E-state index in [1.165, 1.54) is 0 Å². The maximum atomic E-state index is 5.61. The van der Waals surface area contributed by atoms with E-state index in [9.17, 15) is 0 Å². The summed E-state index contributed by atoms with van der Waals surface area (Å²) in [6.07, 6.45) is 4.00. The van der Waals surface area contributed by atoms with Gasteiger partial charge in [0.25, 0.3) is 5.89 Å². The van der Waals surface area contributed by atoms with Crippen molar-refractivity contribution in [2.45, 2.75) is 6.61 Å². The van der Waals surface area contributed by atoms with Crippen molar-refractivity contribution in [3.63, 3.8) is 0 Å². The number of ether oxygens (including phenoxy) is 1. The van der Waals surface area contributed by atoms with E-state index in [0.717, 1.165) is 17.0 Å². The highest BCUT2D eigenvalue weighted by molar-refractivity contribution is 5.56. The van der Waals surface area contributed by atoms with Crippen LogP contribution in [0.5, 0.6) is 5.75 Å². The Morgan fingerprint density at radius 1 is 0.875 bits per heavy atom. The molecule has 0 N–H and O–H groups in total. The Morgan fingerprint density at radius 2 is 1.62 bits per heavy atom. The van der Waals surface area contributed by atoms with Crippen molar-refractivity contribution in [2.24, 2.45) is 0 Å². The van der Waals surface area contributed by atoms with Gasteiger partial charge in [-0.25, -0.2) is 0 Å². The van der Waals surface area contributed by atoms with Crippen molar-refractivity contribution in [3.05, 3.63) is 85.0 Å². The van der Waals surface area contributed by atoms with Gasteiger partial charge in [-0.3, -0.25) is 0 Å². The number of hydrogen-bond acceptors (Lipinski definition) is 4. The summed E-state index contributed by atoms with van der Waals surface area (Å²) in [5.74, 6) is 1.78. The summed E-state index contributed by atoms with van der Waals surface area (Å²) < 4.78 is 12.9. The summed E-state index contributed by atoms with van der Waals surface area (Å²) >= 11 is 0. The van der Waals surface area contributed by atoms with Crippen molar-refractivity contribution in [2.75, 3.05) is 0 Å². The second kappa shape index (κ2) is 6.42. The first-order valence-corrected chi connectivity index (χ1v) is 7.63. The molecule has 2 heterocycles. The van der Waals surface area contributed by atoms with Gasteiger partial charge in [0.15, 0.2) is 6.61 Å². The molecule has 0 radical (unpaired) electrons. The molecule has 2 aromatic heterocycles. The van der Waals surface area contributed by atoms with Gasteiger partial charge in [0, 0.05) is 23.6 Å². The molecule has 5 nitrogen and oxygen atoms in total. The molecular weight excluding hydrogens is 302 g/mol. The highest BCUT2D eigenvalue weighted by Crippen LogP contribution is 2.19. The average molecular weight is 317 g/mol. The summed E-state index contributed by atoms with van der Waals surface area (Å²) in [5.41, 5.74) is 1.99. The first-order chi connectivity index (χ1) is 11.9. The number of para-hydroxylation sites is 1. The largest absolute Gasteiger partial charge is 0.484 e. The van der Waals surface area contributed by atoms with Gasteiger partial charge < -0.3 is 13.8 Å². The van der Waals surface area contributed by atoms with Gasteiger partial charge in [-0.1, -0.05) is 23.4 Å². The van der Waals surface area contributed by atoms with Gasteiger partial charge in [0.05, 0.1) is 0 Å². The van der Waals surface area contributed by atoms with Gasteiger partial charge in [-0.15, -0.1) is 0 Å². The lowest BCUT2D eigenvalue weighted by molar-refractivity contribution is 0.243. The molecule has 5 heteroatoms. The molecule has 2 aromatic carbocycles. The SMILES string of the molecule is c1ccc(OCc2nc(-c3ccc(-n4cccc4)cc3)no2)cc1. The molecule has 24 heavy (non-hydrogen) atoms. The molecule has 0 fully saturated rings. The number of hydrogen-bond donors (Lipinski definition) is 0. The molecule has 4 aromatic rings. The third-order valence-corrected chi connectivity index (χ3v) is 3.60. The molecule has 0 saturated heterocycles. The molecule has 0 saturated carbocycles. The Morgan fingerprint density at radius 3 is 2.38 bits per heavy atom. The number of aromatic nitrogens is 3. The zero-order chi connectivity index (χ0) is 16.2. The minimum atomic E-state index is 0.248. The Bertz CT molecular complexity index is 897. The fraction of sp³-hybridized carbons (Fsp3) is 0.0526. The maximum absolute atomic E-state index is 5.61.